The van der Waals surface area contributed by atoms with Gasteiger partial charge in [-0.2, -0.15) is 0 Å². The summed E-state index contributed by atoms with van der Waals surface area (Å²) >= 11 is 0. The molecule has 3 heteroatoms. The highest BCUT2D eigenvalue weighted by molar-refractivity contribution is 5.60. The van der Waals surface area contributed by atoms with Crippen LogP contribution in [0, 0.1) is 5.41 Å². The standard InChI is InChI=1S/C11H21NO2/c1-12(7-8-13)9-11(10-14)5-3-2-4-6-11/h10,13H,2-9H2,1H3. The van der Waals surface area contributed by atoms with E-state index in [2.05, 4.69) is 4.90 Å². The average Bonchev–Trinajstić information content (AvgIpc) is 2.19. The van der Waals surface area contributed by atoms with Crippen molar-refractivity contribution in [3.63, 3.8) is 0 Å². The zero-order valence-corrected chi connectivity index (χ0v) is 9.04. The molecule has 82 valence electrons. The summed E-state index contributed by atoms with van der Waals surface area (Å²) in [4.78, 5) is 13.2. The monoisotopic (exact) mass is 199 g/mol. The molecular weight excluding hydrogens is 178 g/mol. The Hall–Kier alpha value is -0.410. The molecule has 0 bridgehead atoms. The lowest BCUT2D eigenvalue weighted by Gasteiger charge is -2.35. The lowest BCUT2D eigenvalue weighted by Crippen LogP contribution is -2.39. The first kappa shape index (κ1) is 11.7. The summed E-state index contributed by atoms with van der Waals surface area (Å²) in [5, 5.41) is 8.79. The van der Waals surface area contributed by atoms with Crippen molar-refractivity contribution in [3.8, 4) is 0 Å². The first-order chi connectivity index (χ1) is 6.72. The van der Waals surface area contributed by atoms with Gasteiger partial charge in [0, 0.05) is 18.5 Å². The second kappa shape index (κ2) is 5.47. The molecule has 14 heavy (non-hydrogen) atoms. The lowest BCUT2D eigenvalue weighted by atomic mass is 9.75. The van der Waals surface area contributed by atoms with Crippen LogP contribution < -0.4 is 0 Å². The number of hydrogen-bond acceptors (Lipinski definition) is 3. The minimum absolute atomic E-state index is 0.123. The van der Waals surface area contributed by atoms with E-state index in [9.17, 15) is 4.79 Å². The van der Waals surface area contributed by atoms with Crippen LogP contribution in [0.25, 0.3) is 0 Å². The van der Waals surface area contributed by atoms with Gasteiger partial charge in [0.05, 0.1) is 6.61 Å². The van der Waals surface area contributed by atoms with Crippen molar-refractivity contribution in [1.82, 2.24) is 4.90 Å². The third-order valence-electron chi connectivity index (χ3n) is 3.17. The van der Waals surface area contributed by atoms with Gasteiger partial charge in [-0.1, -0.05) is 19.3 Å². The van der Waals surface area contributed by atoms with Crippen molar-refractivity contribution in [2.75, 3.05) is 26.7 Å². The molecule has 0 aliphatic heterocycles. The number of nitrogens with zero attached hydrogens (tertiary/aromatic N) is 1. The number of aliphatic hydroxyl groups excluding tert-OH is 1. The van der Waals surface area contributed by atoms with Gasteiger partial charge >= 0.3 is 0 Å². The molecule has 1 aliphatic rings. The van der Waals surface area contributed by atoms with Gasteiger partial charge in [0.25, 0.3) is 0 Å². The van der Waals surface area contributed by atoms with Crippen LogP contribution in [0.1, 0.15) is 32.1 Å². The minimum Gasteiger partial charge on any atom is -0.395 e. The summed E-state index contributed by atoms with van der Waals surface area (Å²) in [6, 6.07) is 0. The van der Waals surface area contributed by atoms with Gasteiger partial charge in [-0.25, -0.2) is 0 Å². The third-order valence-corrected chi connectivity index (χ3v) is 3.17. The smallest absolute Gasteiger partial charge is 0.127 e. The molecule has 0 aromatic rings. The number of carbonyl (C=O) groups is 1. The zero-order valence-electron chi connectivity index (χ0n) is 9.04. The van der Waals surface area contributed by atoms with Crippen molar-refractivity contribution >= 4 is 6.29 Å². The van der Waals surface area contributed by atoms with E-state index in [0.717, 1.165) is 25.7 Å². The van der Waals surface area contributed by atoms with E-state index in [1.54, 1.807) is 0 Å². The predicted molar refractivity (Wildman–Crippen MR) is 56.2 cm³/mol. The van der Waals surface area contributed by atoms with Crippen molar-refractivity contribution in [1.29, 1.82) is 0 Å². The van der Waals surface area contributed by atoms with Crippen LogP contribution in [0.15, 0.2) is 0 Å². The van der Waals surface area contributed by atoms with E-state index in [4.69, 9.17) is 5.11 Å². The molecule has 0 atom stereocenters. The maximum atomic E-state index is 11.1. The molecule has 0 radical (unpaired) electrons. The molecule has 0 amide bonds. The summed E-state index contributed by atoms with van der Waals surface area (Å²) in [6.07, 6.45) is 6.79. The van der Waals surface area contributed by atoms with Crippen molar-refractivity contribution in [2.24, 2.45) is 5.41 Å². The number of carbonyl (C=O) groups excluding carboxylic acids is 1. The summed E-state index contributed by atoms with van der Waals surface area (Å²) in [5.74, 6) is 0. The molecule has 3 nitrogen and oxygen atoms in total. The molecule has 0 saturated heterocycles. The fourth-order valence-corrected chi connectivity index (χ4v) is 2.36. The predicted octanol–water partition coefficient (Wildman–Crippen LogP) is 1.06. The Kier molecular flexibility index (Phi) is 4.55. The van der Waals surface area contributed by atoms with Crippen LogP contribution in [0.4, 0.5) is 0 Å². The van der Waals surface area contributed by atoms with Crippen LogP contribution in [-0.4, -0.2) is 43.0 Å². The molecule has 0 heterocycles. The Morgan fingerprint density at radius 1 is 1.36 bits per heavy atom. The van der Waals surface area contributed by atoms with Crippen LogP contribution in [0.5, 0.6) is 0 Å². The molecule has 0 aromatic heterocycles. The number of aliphatic hydroxyl groups is 1. The van der Waals surface area contributed by atoms with Gasteiger partial charge in [0.2, 0.25) is 0 Å². The molecule has 1 saturated carbocycles. The SMILES string of the molecule is CN(CCO)CC1(C=O)CCCCC1. The van der Waals surface area contributed by atoms with Gasteiger partial charge < -0.3 is 14.8 Å². The van der Waals surface area contributed by atoms with Crippen molar-refractivity contribution in [3.05, 3.63) is 0 Å². The van der Waals surface area contributed by atoms with Crippen molar-refractivity contribution < 1.29 is 9.90 Å². The van der Waals surface area contributed by atoms with Gasteiger partial charge in [-0.3, -0.25) is 0 Å². The van der Waals surface area contributed by atoms with Crippen LogP contribution in [0.3, 0.4) is 0 Å². The highest BCUT2D eigenvalue weighted by Crippen LogP contribution is 2.34. The Morgan fingerprint density at radius 3 is 2.50 bits per heavy atom. The second-order valence-corrected chi connectivity index (χ2v) is 4.50. The number of likely N-dealkylation sites (N-methyl/N-ethyl adjacent to an activating group) is 1. The molecule has 1 fully saturated rings. The molecule has 0 unspecified atom stereocenters. The van der Waals surface area contributed by atoms with Gasteiger partial charge in [-0.05, 0) is 19.9 Å². The topological polar surface area (TPSA) is 40.5 Å². The van der Waals surface area contributed by atoms with E-state index in [1.807, 2.05) is 7.05 Å². The first-order valence-corrected chi connectivity index (χ1v) is 5.48. The third kappa shape index (κ3) is 3.07. The average molecular weight is 199 g/mol. The van der Waals surface area contributed by atoms with Crippen LogP contribution >= 0.6 is 0 Å². The summed E-state index contributed by atoms with van der Waals surface area (Å²) < 4.78 is 0. The number of hydrogen-bond donors (Lipinski definition) is 1. The Labute approximate surface area is 86.1 Å². The van der Waals surface area contributed by atoms with Gasteiger partial charge in [0.1, 0.15) is 6.29 Å². The fourth-order valence-electron chi connectivity index (χ4n) is 2.36. The van der Waals surface area contributed by atoms with Gasteiger partial charge in [-0.15, -0.1) is 0 Å². The van der Waals surface area contributed by atoms with Crippen LogP contribution in [-0.2, 0) is 4.79 Å². The highest BCUT2D eigenvalue weighted by Gasteiger charge is 2.32. The number of rotatable bonds is 5. The van der Waals surface area contributed by atoms with Crippen molar-refractivity contribution in [2.45, 2.75) is 32.1 Å². The molecule has 0 spiro atoms. The Balaban J connectivity index is 2.46. The quantitative estimate of drug-likeness (QED) is 0.673. The molecule has 0 aromatic carbocycles. The lowest BCUT2D eigenvalue weighted by molar-refractivity contribution is -0.119. The number of aldehydes is 1. The normalized spacial score (nSPS) is 21.1. The maximum Gasteiger partial charge on any atom is 0.127 e. The Bertz CT molecular complexity index is 176. The highest BCUT2D eigenvalue weighted by atomic mass is 16.3. The zero-order chi connectivity index (χ0) is 10.4. The second-order valence-electron chi connectivity index (χ2n) is 4.50. The van der Waals surface area contributed by atoms with Gasteiger partial charge in [0.15, 0.2) is 0 Å². The van der Waals surface area contributed by atoms with E-state index in [-0.39, 0.29) is 12.0 Å². The summed E-state index contributed by atoms with van der Waals surface area (Å²) in [5.41, 5.74) is -0.123. The Morgan fingerprint density at radius 2 is 2.00 bits per heavy atom. The maximum absolute atomic E-state index is 11.1. The van der Waals surface area contributed by atoms with Crippen LogP contribution in [0.2, 0.25) is 0 Å². The van der Waals surface area contributed by atoms with E-state index in [0.29, 0.717) is 6.54 Å². The van der Waals surface area contributed by atoms with E-state index >= 15 is 0 Å². The molecule has 1 N–H and O–H groups in total. The summed E-state index contributed by atoms with van der Waals surface area (Å²) in [6.45, 7) is 1.64. The first-order valence-electron chi connectivity index (χ1n) is 5.48. The summed E-state index contributed by atoms with van der Waals surface area (Å²) in [7, 11) is 1.97. The molecular formula is C11H21NO2. The molecule has 1 rings (SSSR count). The fraction of sp³-hybridized carbons (Fsp3) is 0.909. The van der Waals surface area contributed by atoms with E-state index in [1.165, 1.54) is 19.3 Å². The minimum atomic E-state index is -0.123. The largest absolute Gasteiger partial charge is 0.395 e. The van der Waals surface area contributed by atoms with E-state index < -0.39 is 0 Å². The molecule has 1 aliphatic carbocycles.